The first-order chi connectivity index (χ1) is 13.4. The maximum atomic E-state index is 13.1. The smallest absolute Gasteiger partial charge is 0.238 e. The Bertz CT molecular complexity index is 1120. The number of rotatable bonds is 5. The molecule has 4 rings (SSSR count). The molecule has 1 aliphatic carbocycles. The van der Waals surface area contributed by atoms with Crippen LogP contribution in [0.4, 0.5) is 0 Å². The predicted molar refractivity (Wildman–Crippen MR) is 110 cm³/mol. The number of fused-ring (bicyclic) bond motifs is 1. The zero-order chi connectivity index (χ0) is 19.9. The molecule has 28 heavy (non-hydrogen) atoms. The first-order valence-corrected chi connectivity index (χ1v) is 11.0. The summed E-state index contributed by atoms with van der Waals surface area (Å²) in [6, 6.07) is 15.4. The quantitative estimate of drug-likeness (QED) is 0.660. The highest BCUT2D eigenvalue weighted by atomic mass is 32.2. The van der Waals surface area contributed by atoms with Crippen molar-refractivity contribution in [3.8, 4) is 5.69 Å². The Hall–Kier alpha value is -2.44. The molecule has 0 aliphatic heterocycles. The van der Waals surface area contributed by atoms with Crippen LogP contribution in [0.25, 0.3) is 5.69 Å². The number of para-hydroxylation sites is 1. The average Bonchev–Trinajstić information content (AvgIpc) is 3.27. The van der Waals surface area contributed by atoms with Crippen molar-refractivity contribution in [2.75, 3.05) is 7.05 Å². The highest BCUT2D eigenvalue weighted by Gasteiger charge is 2.25. The summed E-state index contributed by atoms with van der Waals surface area (Å²) >= 11 is 0. The van der Waals surface area contributed by atoms with Crippen molar-refractivity contribution < 1.29 is 8.42 Å². The van der Waals surface area contributed by atoms with Gasteiger partial charge in [0.15, 0.2) is 0 Å². The monoisotopic (exact) mass is 395 g/mol. The molecule has 3 aromatic rings. The van der Waals surface area contributed by atoms with E-state index in [0.29, 0.717) is 11.4 Å². The fourth-order valence-electron chi connectivity index (χ4n) is 3.92. The molecule has 1 aromatic heterocycles. The maximum Gasteiger partial charge on any atom is 0.243 e. The summed E-state index contributed by atoms with van der Waals surface area (Å²) in [6.45, 7) is 4.21. The molecule has 0 fully saturated rings. The van der Waals surface area contributed by atoms with Crippen LogP contribution in [0.1, 0.15) is 34.5 Å². The Labute approximate surface area is 166 Å². The summed E-state index contributed by atoms with van der Waals surface area (Å²) in [7, 11) is -1.91. The van der Waals surface area contributed by atoms with Crippen LogP contribution < -0.4 is 0 Å². The molecule has 0 radical (unpaired) electrons. The van der Waals surface area contributed by atoms with Crippen molar-refractivity contribution >= 4 is 10.0 Å². The van der Waals surface area contributed by atoms with E-state index in [-0.39, 0.29) is 0 Å². The van der Waals surface area contributed by atoms with E-state index in [2.05, 4.69) is 5.10 Å². The molecule has 0 atom stereocenters. The van der Waals surface area contributed by atoms with Gasteiger partial charge < -0.3 is 0 Å². The number of aryl methyl sites for hydroxylation is 3. The van der Waals surface area contributed by atoms with E-state index < -0.39 is 10.0 Å². The van der Waals surface area contributed by atoms with E-state index in [0.717, 1.165) is 41.9 Å². The molecule has 0 unspecified atom stereocenters. The minimum absolute atomic E-state index is 0.296. The molecule has 1 heterocycles. The Morgan fingerprint density at radius 3 is 2.50 bits per heavy atom. The van der Waals surface area contributed by atoms with Gasteiger partial charge in [-0.15, -0.1) is 0 Å². The normalized spacial score (nSPS) is 13.9. The van der Waals surface area contributed by atoms with Gasteiger partial charge in [0.1, 0.15) is 0 Å². The largest absolute Gasteiger partial charge is 0.243 e. The number of sulfonamides is 1. The lowest BCUT2D eigenvalue weighted by Crippen LogP contribution is -2.27. The van der Waals surface area contributed by atoms with Crippen molar-refractivity contribution in [2.24, 2.45) is 0 Å². The average molecular weight is 396 g/mol. The predicted octanol–water partition coefficient (Wildman–Crippen LogP) is 3.80. The highest BCUT2D eigenvalue weighted by molar-refractivity contribution is 7.89. The summed E-state index contributed by atoms with van der Waals surface area (Å²) in [4.78, 5) is 0.376. The Morgan fingerprint density at radius 2 is 1.75 bits per heavy atom. The van der Waals surface area contributed by atoms with Crippen LogP contribution in [0.5, 0.6) is 0 Å². The fourth-order valence-corrected chi connectivity index (χ4v) is 5.11. The third kappa shape index (κ3) is 3.27. The topological polar surface area (TPSA) is 55.2 Å². The summed E-state index contributed by atoms with van der Waals surface area (Å²) in [6.07, 6.45) is 3.11. The van der Waals surface area contributed by atoms with Crippen LogP contribution in [0.2, 0.25) is 0 Å². The van der Waals surface area contributed by atoms with Crippen LogP contribution in [0, 0.1) is 13.8 Å². The fraction of sp³-hybridized carbons (Fsp3) is 0.318. The lowest BCUT2D eigenvalue weighted by molar-refractivity contribution is 0.465. The van der Waals surface area contributed by atoms with Crippen LogP contribution >= 0.6 is 0 Å². The molecule has 0 N–H and O–H groups in total. The zero-order valence-corrected chi connectivity index (χ0v) is 17.3. The van der Waals surface area contributed by atoms with E-state index in [9.17, 15) is 8.42 Å². The van der Waals surface area contributed by atoms with Gasteiger partial charge in [-0.25, -0.2) is 13.1 Å². The van der Waals surface area contributed by atoms with E-state index >= 15 is 0 Å². The Kier molecular flexibility index (Phi) is 4.85. The Balaban J connectivity index is 1.63. The molecule has 0 amide bonds. The lowest BCUT2D eigenvalue weighted by atomic mass is 10.1. The van der Waals surface area contributed by atoms with Crippen molar-refractivity contribution in [3.05, 3.63) is 76.6 Å². The van der Waals surface area contributed by atoms with Gasteiger partial charge in [0, 0.05) is 24.8 Å². The number of aromatic nitrogens is 2. The molecule has 0 spiro atoms. The summed E-state index contributed by atoms with van der Waals surface area (Å²) in [5.74, 6) is 0. The number of nitrogens with zero attached hydrogens (tertiary/aromatic N) is 3. The molecule has 0 saturated carbocycles. The van der Waals surface area contributed by atoms with Gasteiger partial charge in [0.25, 0.3) is 0 Å². The van der Waals surface area contributed by atoms with E-state index in [1.165, 1.54) is 15.4 Å². The van der Waals surface area contributed by atoms with Gasteiger partial charge >= 0.3 is 0 Å². The first-order valence-electron chi connectivity index (χ1n) is 9.56. The lowest BCUT2D eigenvalue weighted by Gasteiger charge is -2.18. The van der Waals surface area contributed by atoms with E-state index in [4.69, 9.17) is 0 Å². The van der Waals surface area contributed by atoms with Gasteiger partial charge in [-0.3, -0.25) is 0 Å². The molecule has 5 nitrogen and oxygen atoms in total. The summed E-state index contributed by atoms with van der Waals surface area (Å²) in [5.41, 5.74) is 6.16. The van der Waals surface area contributed by atoms with E-state index in [1.54, 1.807) is 13.1 Å². The van der Waals surface area contributed by atoms with Crippen LogP contribution in [0.15, 0.2) is 53.4 Å². The summed E-state index contributed by atoms with van der Waals surface area (Å²) in [5, 5.41) is 4.63. The van der Waals surface area contributed by atoms with Gasteiger partial charge in [-0.1, -0.05) is 24.3 Å². The molecule has 2 aromatic carbocycles. The SMILES string of the molecule is Cc1nn(-c2ccccc2)c(C)c1CN(C)S(=O)(=O)c1ccc2c(c1)CCC2. The molecular weight excluding hydrogens is 370 g/mol. The van der Waals surface area contributed by atoms with Crippen molar-refractivity contribution in [2.45, 2.75) is 44.6 Å². The van der Waals surface area contributed by atoms with Crippen LogP contribution in [-0.2, 0) is 29.4 Å². The van der Waals surface area contributed by atoms with Crippen molar-refractivity contribution in [1.29, 1.82) is 0 Å². The second-order valence-electron chi connectivity index (χ2n) is 7.44. The molecule has 0 bridgehead atoms. The number of hydrogen-bond donors (Lipinski definition) is 0. The van der Waals surface area contributed by atoms with Crippen LogP contribution in [0.3, 0.4) is 0 Å². The highest BCUT2D eigenvalue weighted by Crippen LogP contribution is 2.27. The minimum Gasteiger partial charge on any atom is -0.238 e. The van der Waals surface area contributed by atoms with Gasteiger partial charge in [-0.2, -0.15) is 9.40 Å². The standard InChI is InChI=1S/C22H25N3O2S/c1-16-22(17(2)25(23-16)20-10-5-4-6-11-20)15-24(3)28(26,27)21-13-12-18-8-7-9-19(18)14-21/h4-6,10-14H,7-9,15H2,1-3H3. The molecule has 0 saturated heterocycles. The second kappa shape index (κ2) is 7.18. The zero-order valence-electron chi connectivity index (χ0n) is 16.5. The first kappa shape index (κ1) is 18.9. The number of benzene rings is 2. The number of hydrogen-bond acceptors (Lipinski definition) is 3. The van der Waals surface area contributed by atoms with E-state index in [1.807, 2.05) is 61.0 Å². The molecule has 1 aliphatic rings. The Morgan fingerprint density at radius 1 is 1.04 bits per heavy atom. The third-order valence-electron chi connectivity index (χ3n) is 5.60. The molecular formula is C22H25N3O2S. The maximum absolute atomic E-state index is 13.1. The van der Waals surface area contributed by atoms with Crippen LogP contribution in [-0.4, -0.2) is 29.6 Å². The van der Waals surface area contributed by atoms with Crippen molar-refractivity contribution in [3.63, 3.8) is 0 Å². The van der Waals surface area contributed by atoms with Gasteiger partial charge in [-0.05, 0) is 68.5 Å². The minimum atomic E-state index is -3.55. The summed E-state index contributed by atoms with van der Waals surface area (Å²) < 4.78 is 29.6. The third-order valence-corrected chi connectivity index (χ3v) is 7.40. The van der Waals surface area contributed by atoms with Crippen molar-refractivity contribution in [1.82, 2.24) is 14.1 Å². The van der Waals surface area contributed by atoms with Gasteiger partial charge in [0.2, 0.25) is 10.0 Å². The second-order valence-corrected chi connectivity index (χ2v) is 9.49. The van der Waals surface area contributed by atoms with Gasteiger partial charge in [0.05, 0.1) is 16.3 Å². The molecule has 146 valence electrons. The molecule has 6 heteroatoms.